The first-order chi connectivity index (χ1) is 11.6. The number of carbonyl (C=O) groups is 1. The Morgan fingerprint density at radius 2 is 1.88 bits per heavy atom. The summed E-state index contributed by atoms with van der Waals surface area (Å²) in [5.74, 6) is 0.974. The van der Waals surface area contributed by atoms with Crippen molar-refractivity contribution in [2.75, 3.05) is 52.5 Å². The fraction of sp³-hybridized carbons (Fsp3) is 0.944. The zero-order valence-electron chi connectivity index (χ0n) is 15.2. The van der Waals surface area contributed by atoms with E-state index in [1.54, 1.807) is 0 Å². The number of nitrogens with zero attached hydrogens (tertiary/aromatic N) is 2. The van der Waals surface area contributed by atoms with Crippen molar-refractivity contribution in [3.63, 3.8) is 0 Å². The molecule has 138 valence electrons. The van der Waals surface area contributed by atoms with Gasteiger partial charge >= 0.3 is 0 Å². The molecule has 0 aromatic heterocycles. The maximum Gasteiger partial charge on any atom is 0.242 e. The van der Waals surface area contributed by atoms with Crippen LogP contribution in [0.15, 0.2) is 0 Å². The van der Waals surface area contributed by atoms with Crippen molar-refractivity contribution in [1.82, 2.24) is 15.1 Å². The van der Waals surface area contributed by atoms with Crippen LogP contribution in [0.2, 0.25) is 0 Å². The third-order valence-corrected chi connectivity index (χ3v) is 5.49. The molecule has 0 spiro atoms. The van der Waals surface area contributed by atoms with Gasteiger partial charge in [-0.1, -0.05) is 0 Å². The van der Waals surface area contributed by atoms with Crippen LogP contribution in [-0.2, 0) is 14.3 Å². The Bertz CT molecular complexity index is 396. The van der Waals surface area contributed by atoms with Crippen LogP contribution in [0.4, 0.5) is 0 Å². The molecule has 3 fully saturated rings. The van der Waals surface area contributed by atoms with Gasteiger partial charge in [0.05, 0.1) is 25.4 Å². The number of nitrogens with one attached hydrogen (secondary N) is 1. The predicted molar refractivity (Wildman–Crippen MR) is 93.0 cm³/mol. The molecule has 6 nitrogen and oxygen atoms in total. The Hall–Kier alpha value is -0.690. The highest BCUT2D eigenvalue weighted by Gasteiger charge is 2.30. The molecule has 3 heterocycles. The molecule has 0 unspecified atom stereocenters. The van der Waals surface area contributed by atoms with E-state index in [-0.39, 0.29) is 11.9 Å². The maximum absolute atomic E-state index is 12.5. The van der Waals surface area contributed by atoms with Gasteiger partial charge in [0.2, 0.25) is 5.91 Å². The number of carbonyl (C=O) groups excluding carboxylic acids is 1. The first kappa shape index (κ1) is 18.1. The summed E-state index contributed by atoms with van der Waals surface area (Å²) in [5, 5.41) is 3.27. The third kappa shape index (κ3) is 4.91. The quantitative estimate of drug-likeness (QED) is 0.818. The summed E-state index contributed by atoms with van der Waals surface area (Å²) in [4.78, 5) is 17.1. The van der Waals surface area contributed by atoms with E-state index in [9.17, 15) is 4.79 Å². The van der Waals surface area contributed by atoms with E-state index in [0.717, 1.165) is 58.0 Å². The highest BCUT2D eigenvalue weighted by Crippen LogP contribution is 2.22. The Labute approximate surface area is 145 Å². The normalized spacial score (nSPS) is 33.6. The molecule has 6 heteroatoms. The molecule has 0 aromatic rings. The molecular weight excluding hydrogens is 306 g/mol. The van der Waals surface area contributed by atoms with E-state index in [2.05, 4.69) is 24.1 Å². The molecule has 1 amide bonds. The number of ether oxygens (including phenoxy) is 2. The van der Waals surface area contributed by atoms with Gasteiger partial charge in [0.15, 0.2) is 0 Å². The van der Waals surface area contributed by atoms with Crippen LogP contribution in [0, 0.1) is 5.92 Å². The summed E-state index contributed by atoms with van der Waals surface area (Å²) < 4.78 is 11.2. The lowest BCUT2D eigenvalue weighted by Crippen LogP contribution is -2.54. The standard InChI is InChI=1S/C18H33N3O3/c1-14-11-20(12-15(2)24-14)7-3-16-4-8-21(9-5-16)18(22)17-13-23-10-6-19-17/h14-17,19H,3-13H2,1-2H3/t14-,15+,17-/m0/s1. The summed E-state index contributed by atoms with van der Waals surface area (Å²) in [5.41, 5.74) is 0. The maximum atomic E-state index is 12.5. The smallest absolute Gasteiger partial charge is 0.242 e. The van der Waals surface area contributed by atoms with Gasteiger partial charge in [0, 0.05) is 32.7 Å². The lowest BCUT2D eigenvalue weighted by Gasteiger charge is -2.38. The lowest BCUT2D eigenvalue weighted by atomic mass is 9.92. The Kier molecular flexibility index (Phi) is 6.49. The first-order valence-electron chi connectivity index (χ1n) is 9.59. The van der Waals surface area contributed by atoms with Crippen molar-refractivity contribution in [2.45, 2.75) is 51.4 Å². The third-order valence-electron chi connectivity index (χ3n) is 5.49. The summed E-state index contributed by atoms with van der Waals surface area (Å²) in [6.45, 7) is 11.4. The second-order valence-electron chi connectivity index (χ2n) is 7.66. The van der Waals surface area contributed by atoms with Crippen molar-refractivity contribution < 1.29 is 14.3 Å². The van der Waals surface area contributed by atoms with E-state index in [1.165, 1.54) is 6.42 Å². The van der Waals surface area contributed by atoms with Crippen LogP contribution in [0.25, 0.3) is 0 Å². The zero-order valence-corrected chi connectivity index (χ0v) is 15.2. The molecule has 3 aliphatic heterocycles. The molecule has 3 rings (SSSR count). The Morgan fingerprint density at radius 3 is 2.50 bits per heavy atom. The molecule has 0 aromatic carbocycles. The highest BCUT2D eigenvalue weighted by molar-refractivity contribution is 5.82. The molecule has 3 atom stereocenters. The van der Waals surface area contributed by atoms with Crippen molar-refractivity contribution in [3.05, 3.63) is 0 Å². The van der Waals surface area contributed by atoms with Crippen LogP contribution in [0.3, 0.4) is 0 Å². The van der Waals surface area contributed by atoms with Crippen molar-refractivity contribution in [3.8, 4) is 0 Å². The number of hydrogen-bond acceptors (Lipinski definition) is 5. The Morgan fingerprint density at radius 1 is 1.17 bits per heavy atom. The minimum atomic E-state index is -0.133. The number of rotatable bonds is 4. The van der Waals surface area contributed by atoms with E-state index < -0.39 is 0 Å². The zero-order chi connectivity index (χ0) is 16.9. The van der Waals surface area contributed by atoms with Gasteiger partial charge in [-0.25, -0.2) is 0 Å². The number of hydrogen-bond donors (Lipinski definition) is 1. The lowest BCUT2D eigenvalue weighted by molar-refractivity contribution is -0.137. The molecular formula is C18H33N3O3. The first-order valence-corrected chi connectivity index (χ1v) is 9.59. The van der Waals surface area contributed by atoms with Gasteiger partial charge in [-0.2, -0.15) is 0 Å². The van der Waals surface area contributed by atoms with Crippen molar-refractivity contribution in [1.29, 1.82) is 0 Å². The van der Waals surface area contributed by atoms with Crippen LogP contribution in [-0.4, -0.2) is 86.4 Å². The van der Waals surface area contributed by atoms with Crippen LogP contribution in [0.5, 0.6) is 0 Å². The van der Waals surface area contributed by atoms with Gasteiger partial charge in [-0.3, -0.25) is 9.69 Å². The minimum absolute atomic E-state index is 0.133. The van der Waals surface area contributed by atoms with Crippen LogP contribution >= 0.6 is 0 Å². The molecule has 3 saturated heterocycles. The Balaban J connectivity index is 1.36. The summed E-state index contributed by atoms with van der Waals surface area (Å²) in [7, 11) is 0. The SMILES string of the molecule is C[C@@H]1CN(CCC2CCN(C(=O)[C@@H]3COCCN3)CC2)C[C@H](C)O1. The monoisotopic (exact) mass is 339 g/mol. The van der Waals surface area contributed by atoms with Crippen LogP contribution < -0.4 is 5.32 Å². The average molecular weight is 339 g/mol. The highest BCUT2D eigenvalue weighted by atomic mass is 16.5. The van der Waals surface area contributed by atoms with Gasteiger partial charge in [0.25, 0.3) is 0 Å². The topological polar surface area (TPSA) is 54.0 Å². The van der Waals surface area contributed by atoms with Gasteiger partial charge in [-0.15, -0.1) is 0 Å². The molecule has 0 bridgehead atoms. The molecule has 0 saturated carbocycles. The number of piperidine rings is 1. The number of amides is 1. The fourth-order valence-electron chi connectivity index (χ4n) is 4.22. The van der Waals surface area contributed by atoms with Gasteiger partial charge in [0.1, 0.15) is 6.04 Å². The molecule has 24 heavy (non-hydrogen) atoms. The predicted octanol–water partition coefficient (Wildman–Crippen LogP) is 0.713. The molecule has 0 aliphatic carbocycles. The van der Waals surface area contributed by atoms with Gasteiger partial charge < -0.3 is 19.7 Å². The van der Waals surface area contributed by atoms with Gasteiger partial charge in [-0.05, 0) is 45.6 Å². The van der Waals surface area contributed by atoms with E-state index in [0.29, 0.717) is 25.4 Å². The molecule has 3 aliphatic rings. The largest absolute Gasteiger partial charge is 0.378 e. The minimum Gasteiger partial charge on any atom is -0.378 e. The summed E-state index contributed by atoms with van der Waals surface area (Å²) >= 11 is 0. The second-order valence-corrected chi connectivity index (χ2v) is 7.66. The van der Waals surface area contributed by atoms with Crippen molar-refractivity contribution in [2.24, 2.45) is 5.92 Å². The molecule has 0 radical (unpaired) electrons. The number of morpholine rings is 2. The fourth-order valence-corrected chi connectivity index (χ4v) is 4.22. The molecule has 1 N–H and O–H groups in total. The summed E-state index contributed by atoms with van der Waals surface area (Å²) in [6, 6.07) is -0.133. The van der Waals surface area contributed by atoms with E-state index in [4.69, 9.17) is 9.47 Å². The van der Waals surface area contributed by atoms with Crippen LogP contribution in [0.1, 0.15) is 33.1 Å². The van der Waals surface area contributed by atoms with E-state index >= 15 is 0 Å². The average Bonchev–Trinajstić information content (AvgIpc) is 2.60. The van der Waals surface area contributed by atoms with Crippen molar-refractivity contribution >= 4 is 5.91 Å². The van der Waals surface area contributed by atoms with E-state index in [1.807, 2.05) is 4.90 Å². The number of likely N-dealkylation sites (tertiary alicyclic amines) is 1. The summed E-state index contributed by atoms with van der Waals surface area (Å²) in [6.07, 6.45) is 4.20. The second kappa shape index (κ2) is 8.61.